The van der Waals surface area contributed by atoms with Crippen molar-refractivity contribution in [2.45, 2.75) is 66.0 Å². The maximum atomic E-state index is 12.7. The minimum Gasteiger partial charge on any atom is -0.383 e. The molecule has 1 unspecified atom stereocenters. The van der Waals surface area contributed by atoms with Crippen LogP contribution in [-0.4, -0.2) is 54.1 Å². The lowest BCUT2D eigenvalue weighted by atomic mass is 10.0. The maximum absolute atomic E-state index is 12.7. The zero-order chi connectivity index (χ0) is 23.1. The van der Waals surface area contributed by atoms with Crippen LogP contribution in [0.25, 0.3) is 6.08 Å². The SMILES string of the molecule is COCC(C)n1c(C)cc(/C=C(\C#N)C(=O)NC2CCN(C(=O)CC(C)C)CC2)c1C. The van der Waals surface area contributed by atoms with Gasteiger partial charge in [-0.3, -0.25) is 9.59 Å². The summed E-state index contributed by atoms with van der Waals surface area (Å²) in [6.07, 6.45) is 3.63. The fourth-order valence-electron chi connectivity index (χ4n) is 4.26. The molecule has 0 saturated carbocycles. The van der Waals surface area contributed by atoms with Crippen molar-refractivity contribution in [3.63, 3.8) is 0 Å². The first-order valence-corrected chi connectivity index (χ1v) is 11.1. The van der Waals surface area contributed by atoms with Crippen LogP contribution in [0, 0.1) is 31.1 Å². The fraction of sp³-hybridized carbons (Fsp3) is 0.625. The molecule has 2 heterocycles. The summed E-state index contributed by atoms with van der Waals surface area (Å²) in [7, 11) is 1.67. The number of aromatic nitrogens is 1. The molecule has 0 aromatic carbocycles. The summed E-state index contributed by atoms with van der Waals surface area (Å²) in [5.74, 6) is 0.160. The number of nitriles is 1. The van der Waals surface area contributed by atoms with Crippen molar-refractivity contribution in [2.24, 2.45) is 5.92 Å². The summed E-state index contributed by atoms with van der Waals surface area (Å²) in [6, 6.07) is 4.18. The lowest BCUT2D eigenvalue weighted by Gasteiger charge is -2.32. The third kappa shape index (κ3) is 6.44. The van der Waals surface area contributed by atoms with Gasteiger partial charge in [0.1, 0.15) is 11.6 Å². The standard InChI is InChI=1S/C24H36N4O3/c1-16(2)11-23(29)27-9-7-22(8-10-27)26-24(30)21(14-25)13-20-12-17(3)28(19(20)5)18(4)15-31-6/h12-13,16,18,22H,7-11,15H2,1-6H3,(H,26,30)/b21-13+. The van der Waals surface area contributed by atoms with E-state index in [4.69, 9.17) is 4.74 Å². The van der Waals surface area contributed by atoms with E-state index < -0.39 is 0 Å². The lowest BCUT2D eigenvalue weighted by Crippen LogP contribution is -2.47. The first-order valence-electron chi connectivity index (χ1n) is 11.1. The maximum Gasteiger partial charge on any atom is 0.262 e. The van der Waals surface area contributed by atoms with Crippen LogP contribution < -0.4 is 5.32 Å². The molecule has 7 heteroatoms. The van der Waals surface area contributed by atoms with E-state index in [2.05, 4.69) is 16.8 Å². The Bertz CT molecular complexity index is 855. The van der Waals surface area contributed by atoms with Crippen molar-refractivity contribution < 1.29 is 14.3 Å². The van der Waals surface area contributed by atoms with Crippen LogP contribution in [0.4, 0.5) is 0 Å². The minimum absolute atomic E-state index is 0.0264. The fourth-order valence-corrected chi connectivity index (χ4v) is 4.26. The first kappa shape index (κ1) is 24.7. The highest BCUT2D eigenvalue weighted by Gasteiger charge is 2.25. The average Bonchev–Trinajstić information content (AvgIpc) is 2.99. The first-order chi connectivity index (χ1) is 14.7. The predicted molar refractivity (Wildman–Crippen MR) is 121 cm³/mol. The molecule has 170 valence electrons. The van der Waals surface area contributed by atoms with E-state index in [0.29, 0.717) is 44.9 Å². The van der Waals surface area contributed by atoms with Gasteiger partial charge in [-0.25, -0.2) is 0 Å². The number of rotatable bonds is 8. The number of methoxy groups -OCH3 is 1. The van der Waals surface area contributed by atoms with E-state index in [1.165, 1.54) is 0 Å². The van der Waals surface area contributed by atoms with Gasteiger partial charge in [0, 0.05) is 44.0 Å². The normalized spacial score (nSPS) is 16.3. The van der Waals surface area contributed by atoms with E-state index in [1.54, 1.807) is 13.2 Å². The molecule has 7 nitrogen and oxygen atoms in total. The lowest BCUT2D eigenvalue weighted by molar-refractivity contribution is -0.133. The molecule has 0 aliphatic carbocycles. The number of piperidine rings is 1. The molecule has 1 saturated heterocycles. The number of hydrogen-bond donors (Lipinski definition) is 1. The van der Waals surface area contributed by atoms with Gasteiger partial charge in [0.15, 0.2) is 0 Å². The number of nitrogens with zero attached hydrogens (tertiary/aromatic N) is 3. The molecule has 1 N–H and O–H groups in total. The Morgan fingerprint density at radius 1 is 1.29 bits per heavy atom. The zero-order valence-corrected chi connectivity index (χ0v) is 19.7. The molecule has 0 radical (unpaired) electrons. The van der Waals surface area contributed by atoms with Gasteiger partial charge in [-0.2, -0.15) is 5.26 Å². The summed E-state index contributed by atoms with van der Waals surface area (Å²) in [5.41, 5.74) is 3.02. The van der Waals surface area contributed by atoms with E-state index >= 15 is 0 Å². The average molecular weight is 429 g/mol. The highest BCUT2D eigenvalue weighted by Crippen LogP contribution is 2.23. The molecular formula is C24H36N4O3. The molecule has 1 atom stereocenters. The summed E-state index contributed by atoms with van der Waals surface area (Å²) < 4.78 is 7.42. The van der Waals surface area contributed by atoms with Crippen molar-refractivity contribution in [3.8, 4) is 6.07 Å². The van der Waals surface area contributed by atoms with Gasteiger partial charge in [0.05, 0.1) is 12.6 Å². The van der Waals surface area contributed by atoms with Crippen molar-refractivity contribution >= 4 is 17.9 Å². The van der Waals surface area contributed by atoms with Gasteiger partial charge < -0.3 is 19.5 Å². The minimum atomic E-state index is -0.357. The molecule has 1 aromatic rings. The van der Waals surface area contributed by atoms with Crippen LogP contribution in [0.5, 0.6) is 0 Å². The summed E-state index contributed by atoms with van der Waals surface area (Å²) in [4.78, 5) is 26.8. The number of hydrogen-bond acceptors (Lipinski definition) is 4. The van der Waals surface area contributed by atoms with Crippen LogP contribution in [0.3, 0.4) is 0 Å². The molecule has 31 heavy (non-hydrogen) atoms. The molecule has 0 bridgehead atoms. The van der Waals surface area contributed by atoms with Gasteiger partial charge in [-0.05, 0) is 57.2 Å². The number of carbonyl (C=O) groups is 2. The number of amides is 2. The Balaban J connectivity index is 2.04. The topological polar surface area (TPSA) is 87.4 Å². The number of carbonyl (C=O) groups excluding carboxylic acids is 2. The molecule has 1 aliphatic heterocycles. The number of ether oxygens (including phenoxy) is 1. The Hall–Kier alpha value is -2.59. The van der Waals surface area contributed by atoms with Crippen LogP contribution in [0.1, 0.15) is 63.0 Å². The Morgan fingerprint density at radius 2 is 1.94 bits per heavy atom. The van der Waals surface area contributed by atoms with E-state index in [0.717, 1.165) is 17.0 Å². The molecule has 1 aromatic heterocycles. The summed E-state index contributed by atoms with van der Waals surface area (Å²) in [5, 5.41) is 12.6. The largest absolute Gasteiger partial charge is 0.383 e. The van der Waals surface area contributed by atoms with Gasteiger partial charge in [-0.15, -0.1) is 0 Å². The van der Waals surface area contributed by atoms with Crippen LogP contribution in [0.15, 0.2) is 11.6 Å². The smallest absolute Gasteiger partial charge is 0.262 e. The van der Waals surface area contributed by atoms with E-state index in [9.17, 15) is 14.9 Å². The van der Waals surface area contributed by atoms with Crippen molar-refractivity contribution in [3.05, 3.63) is 28.6 Å². The second-order valence-electron chi connectivity index (χ2n) is 8.90. The van der Waals surface area contributed by atoms with Gasteiger partial charge in [-0.1, -0.05) is 13.8 Å². The van der Waals surface area contributed by atoms with E-state index in [1.807, 2.05) is 44.7 Å². The quantitative estimate of drug-likeness (QED) is 0.508. The van der Waals surface area contributed by atoms with Gasteiger partial charge >= 0.3 is 0 Å². The third-order valence-electron chi connectivity index (χ3n) is 5.80. The molecule has 2 rings (SSSR count). The van der Waals surface area contributed by atoms with Crippen LogP contribution in [0.2, 0.25) is 0 Å². The number of nitrogens with one attached hydrogen (secondary N) is 1. The Kier molecular flexibility index (Phi) is 8.88. The van der Waals surface area contributed by atoms with Gasteiger partial charge in [0.2, 0.25) is 5.91 Å². The molecular weight excluding hydrogens is 392 g/mol. The predicted octanol–water partition coefficient (Wildman–Crippen LogP) is 3.37. The third-order valence-corrected chi connectivity index (χ3v) is 5.80. The highest BCUT2D eigenvalue weighted by molar-refractivity contribution is 6.02. The van der Waals surface area contributed by atoms with Crippen LogP contribution >= 0.6 is 0 Å². The van der Waals surface area contributed by atoms with E-state index in [-0.39, 0.29) is 29.5 Å². The van der Waals surface area contributed by atoms with Crippen molar-refractivity contribution in [1.29, 1.82) is 5.26 Å². The summed E-state index contributed by atoms with van der Waals surface area (Å²) in [6.45, 7) is 12.0. The molecule has 2 amide bonds. The van der Waals surface area contributed by atoms with Gasteiger partial charge in [0.25, 0.3) is 5.91 Å². The monoisotopic (exact) mass is 428 g/mol. The second-order valence-corrected chi connectivity index (χ2v) is 8.90. The molecule has 1 aliphatic rings. The highest BCUT2D eigenvalue weighted by atomic mass is 16.5. The van der Waals surface area contributed by atoms with Crippen LogP contribution in [-0.2, 0) is 14.3 Å². The second kappa shape index (κ2) is 11.1. The number of likely N-dealkylation sites (tertiary alicyclic amines) is 1. The number of aryl methyl sites for hydroxylation is 1. The Morgan fingerprint density at radius 3 is 2.48 bits per heavy atom. The zero-order valence-electron chi connectivity index (χ0n) is 19.7. The molecule has 0 spiro atoms. The summed E-state index contributed by atoms with van der Waals surface area (Å²) >= 11 is 0. The van der Waals surface area contributed by atoms with Crippen molar-refractivity contribution in [1.82, 2.24) is 14.8 Å². The molecule has 1 fully saturated rings. The van der Waals surface area contributed by atoms with Crippen molar-refractivity contribution in [2.75, 3.05) is 26.8 Å². The Labute approximate surface area is 186 Å².